The van der Waals surface area contributed by atoms with Gasteiger partial charge in [-0.05, 0) is 31.0 Å². The third-order valence-electron chi connectivity index (χ3n) is 2.68. The molecule has 0 aromatic heterocycles. The van der Waals surface area contributed by atoms with Gasteiger partial charge in [0, 0.05) is 19.2 Å². The van der Waals surface area contributed by atoms with Crippen LogP contribution in [0.15, 0.2) is 17.0 Å². The minimum absolute atomic E-state index is 0.0692. The summed E-state index contributed by atoms with van der Waals surface area (Å²) >= 11 is 0. The quantitative estimate of drug-likeness (QED) is 0.905. The molecule has 1 rings (SSSR count). The highest BCUT2D eigenvalue weighted by Gasteiger charge is 2.21. The van der Waals surface area contributed by atoms with Crippen molar-refractivity contribution in [1.82, 2.24) is 4.90 Å². The molecule has 0 atom stereocenters. The fourth-order valence-electron chi connectivity index (χ4n) is 1.73. The number of rotatable bonds is 4. The summed E-state index contributed by atoms with van der Waals surface area (Å²) in [5, 5.41) is 4.94. The molecule has 1 aromatic rings. The summed E-state index contributed by atoms with van der Waals surface area (Å²) in [7, 11) is -2.60. The minimum atomic E-state index is -4.20. The molecular weight excluding hydrogens is 271 g/mol. The summed E-state index contributed by atoms with van der Waals surface area (Å²) in [6.07, 6.45) is 0.768. The van der Waals surface area contributed by atoms with Crippen molar-refractivity contribution in [2.24, 2.45) is 5.14 Å². The van der Waals surface area contributed by atoms with Gasteiger partial charge in [-0.15, -0.1) is 0 Å². The molecular formula is C12H17FN2O3S. The summed E-state index contributed by atoms with van der Waals surface area (Å²) in [6.45, 7) is 3.83. The maximum Gasteiger partial charge on any atom is 0.253 e. The number of hydrogen-bond donors (Lipinski definition) is 1. The van der Waals surface area contributed by atoms with Gasteiger partial charge in [-0.1, -0.05) is 6.92 Å². The van der Waals surface area contributed by atoms with Crippen molar-refractivity contribution >= 4 is 15.9 Å². The molecule has 0 saturated carbocycles. The molecule has 0 aliphatic rings. The number of sulfonamides is 1. The van der Waals surface area contributed by atoms with E-state index in [0.717, 1.165) is 12.5 Å². The summed E-state index contributed by atoms with van der Waals surface area (Å²) < 4.78 is 36.3. The summed E-state index contributed by atoms with van der Waals surface area (Å²) in [5.74, 6) is -1.29. The number of halogens is 1. The summed E-state index contributed by atoms with van der Waals surface area (Å²) in [6, 6.07) is 2.30. The molecule has 0 unspecified atom stereocenters. The topological polar surface area (TPSA) is 80.5 Å². The van der Waals surface area contributed by atoms with E-state index in [0.29, 0.717) is 6.54 Å². The Hall–Kier alpha value is -1.47. The van der Waals surface area contributed by atoms with Gasteiger partial charge in [0.15, 0.2) is 0 Å². The van der Waals surface area contributed by atoms with Crippen molar-refractivity contribution in [2.75, 3.05) is 13.6 Å². The molecule has 0 radical (unpaired) electrons. The van der Waals surface area contributed by atoms with Crippen LogP contribution in [0.3, 0.4) is 0 Å². The first-order valence-electron chi connectivity index (χ1n) is 5.77. The van der Waals surface area contributed by atoms with Crippen molar-refractivity contribution < 1.29 is 17.6 Å². The Balaban J connectivity index is 3.33. The third-order valence-corrected chi connectivity index (χ3v) is 3.59. The zero-order valence-electron chi connectivity index (χ0n) is 11.1. The van der Waals surface area contributed by atoms with Gasteiger partial charge in [-0.3, -0.25) is 4.79 Å². The number of amides is 1. The van der Waals surface area contributed by atoms with Gasteiger partial charge >= 0.3 is 0 Å². The van der Waals surface area contributed by atoms with Gasteiger partial charge in [0.25, 0.3) is 5.91 Å². The zero-order chi connectivity index (χ0) is 14.8. The minimum Gasteiger partial charge on any atom is -0.342 e. The largest absolute Gasteiger partial charge is 0.342 e. The molecule has 106 valence electrons. The van der Waals surface area contributed by atoms with Crippen LogP contribution < -0.4 is 5.14 Å². The molecule has 0 heterocycles. The first-order chi connectivity index (χ1) is 8.68. The number of carbonyl (C=O) groups excluding carboxylic acids is 1. The van der Waals surface area contributed by atoms with E-state index >= 15 is 0 Å². The Morgan fingerprint density at radius 3 is 2.47 bits per heavy atom. The fraction of sp³-hybridized carbons (Fsp3) is 0.417. The smallest absolute Gasteiger partial charge is 0.253 e. The van der Waals surface area contributed by atoms with Crippen LogP contribution in [0.25, 0.3) is 0 Å². The van der Waals surface area contributed by atoms with Gasteiger partial charge < -0.3 is 4.90 Å². The predicted molar refractivity (Wildman–Crippen MR) is 69.8 cm³/mol. The predicted octanol–water partition coefficient (Wildman–Crippen LogP) is 1.26. The van der Waals surface area contributed by atoms with Gasteiger partial charge in [0.05, 0.1) is 0 Å². The van der Waals surface area contributed by atoms with E-state index in [1.807, 2.05) is 6.92 Å². The number of hydrogen-bond acceptors (Lipinski definition) is 3. The Morgan fingerprint density at radius 2 is 2.00 bits per heavy atom. The second-order valence-corrected chi connectivity index (χ2v) is 5.91. The van der Waals surface area contributed by atoms with Gasteiger partial charge in [-0.25, -0.2) is 17.9 Å². The van der Waals surface area contributed by atoms with Crippen LogP contribution in [0, 0.1) is 12.7 Å². The third kappa shape index (κ3) is 3.51. The molecule has 5 nitrogen and oxygen atoms in total. The van der Waals surface area contributed by atoms with Crippen LogP contribution in [0.2, 0.25) is 0 Å². The van der Waals surface area contributed by atoms with Crippen molar-refractivity contribution in [3.8, 4) is 0 Å². The van der Waals surface area contributed by atoms with E-state index in [1.165, 1.54) is 17.9 Å². The molecule has 0 saturated heterocycles. The van der Waals surface area contributed by atoms with Crippen LogP contribution in [0.5, 0.6) is 0 Å². The van der Waals surface area contributed by atoms with Crippen LogP contribution >= 0.6 is 0 Å². The molecule has 1 amide bonds. The van der Waals surface area contributed by atoms with E-state index in [-0.39, 0.29) is 17.0 Å². The highest BCUT2D eigenvalue weighted by atomic mass is 32.2. The van der Waals surface area contributed by atoms with E-state index in [9.17, 15) is 17.6 Å². The molecule has 2 N–H and O–H groups in total. The van der Waals surface area contributed by atoms with Crippen molar-refractivity contribution in [3.05, 3.63) is 29.1 Å². The van der Waals surface area contributed by atoms with E-state index < -0.39 is 20.7 Å². The van der Waals surface area contributed by atoms with Crippen LogP contribution in [-0.2, 0) is 10.0 Å². The van der Waals surface area contributed by atoms with Gasteiger partial charge in [-0.2, -0.15) is 0 Å². The number of benzene rings is 1. The average Bonchev–Trinajstić information content (AvgIpc) is 2.30. The van der Waals surface area contributed by atoms with Crippen LogP contribution in [0.1, 0.15) is 29.3 Å². The Kier molecular flexibility index (Phi) is 4.65. The molecule has 19 heavy (non-hydrogen) atoms. The average molecular weight is 288 g/mol. The molecule has 0 aliphatic heterocycles. The van der Waals surface area contributed by atoms with Gasteiger partial charge in [0.2, 0.25) is 10.0 Å². The molecule has 7 heteroatoms. The standard InChI is InChI=1S/C12H17FN2O3S/c1-4-5-15(3)12(16)9-6-8(2)11(13)10(7-9)19(14,17)18/h6-7H,4-5H2,1-3H3,(H2,14,17,18). The Morgan fingerprint density at radius 1 is 1.42 bits per heavy atom. The second-order valence-electron chi connectivity index (χ2n) is 4.38. The highest BCUT2D eigenvalue weighted by molar-refractivity contribution is 7.89. The molecule has 0 bridgehead atoms. The first kappa shape index (κ1) is 15.6. The fourth-order valence-corrected chi connectivity index (χ4v) is 2.43. The summed E-state index contributed by atoms with van der Waals surface area (Å²) in [4.78, 5) is 12.8. The van der Waals surface area contributed by atoms with Crippen LogP contribution in [0.4, 0.5) is 4.39 Å². The first-order valence-corrected chi connectivity index (χ1v) is 7.31. The van der Waals surface area contributed by atoms with Crippen molar-refractivity contribution in [3.63, 3.8) is 0 Å². The number of nitrogens with zero attached hydrogens (tertiary/aromatic N) is 1. The number of primary sulfonamides is 1. The van der Waals surface area contributed by atoms with Crippen molar-refractivity contribution in [1.29, 1.82) is 0 Å². The lowest BCUT2D eigenvalue weighted by Gasteiger charge is -2.17. The van der Waals surface area contributed by atoms with E-state index in [4.69, 9.17) is 5.14 Å². The molecule has 0 fully saturated rings. The number of nitrogens with two attached hydrogens (primary N) is 1. The van der Waals surface area contributed by atoms with E-state index in [2.05, 4.69) is 0 Å². The lowest BCUT2D eigenvalue weighted by molar-refractivity contribution is 0.0794. The van der Waals surface area contributed by atoms with Gasteiger partial charge in [0.1, 0.15) is 10.7 Å². The highest BCUT2D eigenvalue weighted by Crippen LogP contribution is 2.20. The zero-order valence-corrected chi connectivity index (χ0v) is 11.9. The van der Waals surface area contributed by atoms with Crippen LogP contribution in [-0.4, -0.2) is 32.8 Å². The van der Waals surface area contributed by atoms with Crippen molar-refractivity contribution in [2.45, 2.75) is 25.2 Å². The maximum absolute atomic E-state index is 13.7. The lowest BCUT2D eigenvalue weighted by Crippen LogP contribution is -2.28. The van der Waals surface area contributed by atoms with E-state index in [1.54, 1.807) is 7.05 Å². The summed E-state index contributed by atoms with van der Waals surface area (Å²) in [5.41, 5.74) is 0.179. The SMILES string of the molecule is CCCN(C)C(=O)c1cc(C)c(F)c(S(N)(=O)=O)c1. The number of carbonyl (C=O) groups is 1. The Bertz CT molecular complexity index is 599. The second kappa shape index (κ2) is 5.66. The maximum atomic E-state index is 13.7. The molecule has 0 aliphatic carbocycles. The Labute approximate surface area is 112 Å². The molecule has 0 spiro atoms. The number of aryl methyl sites for hydroxylation is 1. The lowest BCUT2D eigenvalue weighted by atomic mass is 10.1. The monoisotopic (exact) mass is 288 g/mol. The molecule has 1 aromatic carbocycles. The normalized spacial score (nSPS) is 11.4.